The second kappa shape index (κ2) is 10.5. The Morgan fingerprint density at radius 3 is 2.65 bits per heavy atom. The standard InChI is InChI=1S/C24H24F3N5O2/c25-16-8-9-17(19(27)14-16)24(34)28-11-4-6-22(33)29-20-13-15(7-10-18(20)26)23-31-30-21-5-2-1-3-12-32(21)23/h7-10,13-14H,1-6,11-12H2,(H,28,34)(H,29,33). The fourth-order valence-corrected chi connectivity index (χ4v) is 3.89. The maximum Gasteiger partial charge on any atom is 0.254 e. The molecule has 2 amide bonds. The van der Waals surface area contributed by atoms with E-state index in [4.69, 9.17) is 0 Å². The fraction of sp³-hybridized carbons (Fsp3) is 0.333. The molecule has 10 heteroatoms. The zero-order chi connectivity index (χ0) is 24.1. The summed E-state index contributed by atoms with van der Waals surface area (Å²) in [6.45, 7) is 0.891. The van der Waals surface area contributed by atoms with Crippen molar-refractivity contribution in [1.82, 2.24) is 20.1 Å². The molecule has 0 spiro atoms. The van der Waals surface area contributed by atoms with E-state index in [2.05, 4.69) is 20.8 Å². The Bertz CT molecular complexity index is 1210. The molecule has 0 saturated heterocycles. The Kier molecular flexibility index (Phi) is 7.24. The van der Waals surface area contributed by atoms with Crippen LogP contribution >= 0.6 is 0 Å². The lowest BCUT2D eigenvalue weighted by Crippen LogP contribution is -2.26. The van der Waals surface area contributed by atoms with Gasteiger partial charge in [0.05, 0.1) is 11.3 Å². The van der Waals surface area contributed by atoms with Crippen LogP contribution in [0.1, 0.15) is 48.3 Å². The largest absolute Gasteiger partial charge is 0.352 e. The first-order valence-corrected chi connectivity index (χ1v) is 11.2. The van der Waals surface area contributed by atoms with Crippen molar-refractivity contribution in [2.24, 2.45) is 0 Å². The third kappa shape index (κ3) is 5.44. The van der Waals surface area contributed by atoms with Crippen molar-refractivity contribution in [3.05, 3.63) is 65.2 Å². The second-order valence-corrected chi connectivity index (χ2v) is 8.13. The van der Waals surface area contributed by atoms with Crippen molar-refractivity contribution in [2.75, 3.05) is 11.9 Å². The number of carbonyl (C=O) groups excluding carboxylic acids is 2. The number of halogens is 3. The highest BCUT2D eigenvalue weighted by Crippen LogP contribution is 2.26. The van der Waals surface area contributed by atoms with E-state index < -0.39 is 29.3 Å². The van der Waals surface area contributed by atoms with Crippen molar-refractivity contribution in [3.63, 3.8) is 0 Å². The van der Waals surface area contributed by atoms with Crippen molar-refractivity contribution >= 4 is 17.5 Å². The Balaban J connectivity index is 1.33. The Morgan fingerprint density at radius 1 is 0.971 bits per heavy atom. The number of aromatic nitrogens is 3. The van der Waals surface area contributed by atoms with Crippen molar-refractivity contribution < 1.29 is 22.8 Å². The molecule has 34 heavy (non-hydrogen) atoms. The fourth-order valence-electron chi connectivity index (χ4n) is 3.89. The van der Waals surface area contributed by atoms with Crippen molar-refractivity contribution in [3.8, 4) is 11.4 Å². The zero-order valence-corrected chi connectivity index (χ0v) is 18.4. The first kappa shape index (κ1) is 23.5. The molecule has 0 aliphatic carbocycles. The minimum Gasteiger partial charge on any atom is -0.352 e. The van der Waals surface area contributed by atoms with Gasteiger partial charge in [0.2, 0.25) is 5.91 Å². The normalized spacial score (nSPS) is 13.1. The van der Waals surface area contributed by atoms with Gasteiger partial charge in [-0.15, -0.1) is 10.2 Å². The van der Waals surface area contributed by atoms with Crippen LogP contribution in [0.25, 0.3) is 11.4 Å². The summed E-state index contributed by atoms with van der Waals surface area (Å²) in [4.78, 5) is 24.3. The van der Waals surface area contributed by atoms with E-state index in [0.717, 1.165) is 50.2 Å². The molecular weight excluding hydrogens is 447 g/mol. The van der Waals surface area contributed by atoms with E-state index >= 15 is 0 Å². The minimum absolute atomic E-state index is 0.0101. The average molecular weight is 471 g/mol. The minimum atomic E-state index is -0.963. The van der Waals surface area contributed by atoms with Gasteiger partial charge in [0.15, 0.2) is 5.82 Å². The summed E-state index contributed by atoms with van der Waals surface area (Å²) in [5.74, 6) is -1.90. The van der Waals surface area contributed by atoms with Crippen LogP contribution < -0.4 is 10.6 Å². The van der Waals surface area contributed by atoms with E-state index in [0.29, 0.717) is 17.5 Å². The number of nitrogens with zero attached hydrogens (tertiary/aromatic N) is 3. The molecule has 0 atom stereocenters. The van der Waals surface area contributed by atoms with E-state index in [9.17, 15) is 22.8 Å². The number of anilines is 1. The number of nitrogens with one attached hydrogen (secondary N) is 2. The molecule has 0 bridgehead atoms. The first-order valence-electron chi connectivity index (χ1n) is 11.2. The lowest BCUT2D eigenvalue weighted by molar-refractivity contribution is -0.116. The van der Waals surface area contributed by atoms with Gasteiger partial charge >= 0.3 is 0 Å². The van der Waals surface area contributed by atoms with Crippen LogP contribution in [-0.4, -0.2) is 33.1 Å². The van der Waals surface area contributed by atoms with Gasteiger partial charge in [-0.25, -0.2) is 13.2 Å². The highest BCUT2D eigenvalue weighted by Gasteiger charge is 2.18. The van der Waals surface area contributed by atoms with Crippen LogP contribution in [0.5, 0.6) is 0 Å². The van der Waals surface area contributed by atoms with Gasteiger partial charge < -0.3 is 15.2 Å². The second-order valence-electron chi connectivity index (χ2n) is 8.13. The SMILES string of the molecule is O=C(CCCNC(=O)c1ccc(F)cc1F)Nc1cc(-c2nnc3n2CCCCC3)ccc1F. The predicted octanol–water partition coefficient (Wildman–Crippen LogP) is 4.24. The molecule has 0 saturated carbocycles. The molecule has 0 fully saturated rings. The number of carbonyl (C=O) groups is 2. The van der Waals surface area contributed by atoms with Crippen molar-refractivity contribution in [1.29, 1.82) is 0 Å². The Morgan fingerprint density at radius 2 is 1.82 bits per heavy atom. The van der Waals surface area contributed by atoms with Gasteiger partial charge in [0.1, 0.15) is 23.3 Å². The molecule has 1 aromatic heterocycles. The van der Waals surface area contributed by atoms with E-state index in [1.807, 2.05) is 4.57 Å². The molecule has 3 aromatic rings. The average Bonchev–Trinajstić information content (AvgIpc) is 3.06. The lowest BCUT2D eigenvalue weighted by atomic mass is 10.1. The van der Waals surface area contributed by atoms with E-state index in [-0.39, 0.29) is 30.6 Å². The van der Waals surface area contributed by atoms with Gasteiger partial charge in [0.25, 0.3) is 5.91 Å². The number of amides is 2. The maximum atomic E-state index is 14.3. The summed E-state index contributed by atoms with van der Waals surface area (Å²) in [6.07, 6.45) is 4.31. The van der Waals surface area contributed by atoms with Crippen LogP contribution in [0.15, 0.2) is 36.4 Å². The summed E-state index contributed by atoms with van der Waals surface area (Å²) >= 11 is 0. The van der Waals surface area contributed by atoms with Crippen LogP contribution in [0.3, 0.4) is 0 Å². The number of aryl methyl sites for hydroxylation is 1. The van der Waals surface area contributed by atoms with Gasteiger partial charge in [-0.1, -0.05) is 6.42 Å². The number of rotatable bonds is 7. The van der Waals surface area contributed by atoms with Gasteiger partial charge in [0, 0.05) is 37.6 Å². The summed E-state index contributed by atoms with van der Waals surface area (Å²) in [7, 11) is 0. The molecule has 2 aromatic carbocycles. The Hall–Kier alpha value is -3.69. The number of benzene rings is 2. The summed E-state index contributed by atoms with van der Waals surface area (Å²) in [6, 6.07) is 7.09. The zero-order valence-electron chi connectivity index (χ0n) is 18.4. The molecule has 2 N–H and O–H groups in total. The quantitative estimate of drug-likeness (QED) is 0.505. The molecular formula is C24H24F3N5O2. The first-order chi connectivity index (χ1) is 16.4. The van der Waals surface area contributed by atoms with E-state index in [1.54, 1.807) is 6.07 Å². The number of fused-ring (bicyclic) bond motifs is 1. The topological polar surface area (TPSA) is 88.9 Å². The highest BCUT2D eigenvalue weighted by atomic mass is 19.1. The molecule has 1 aliphatic rings. The number of hydrogen-bond acceptors (Lipinski definition) is 4. The van der Waals surface area contributed by atoms with Crippen LogP contribution in [0, 0.1) is 17.5 Å². The number of hydrogen-bond donors (Lipinski definition) is 2. The molecule has 4 rings (SSSR count). The molecule has 2 heterocycles. The smallest absolute Gasteiger partial charge is 0.254 e. The molecule has 178 valence electrons. The van der Waals surface area contributed by atoms with E-state index in [1.165, 1.54) is 12.1 Å². The summed E-state index contributed by atoms with van der Waals surface area (Å²) < 4.78 is 43.0. The molecule has 0 radical (unpaired) electrons. The summed E-state index contributed by atoms with van der Waals surface area (Å²) in [5.41, 5.74) is 0.410. The monoisotopic (exact) mass is 471 g/mol. The van der Waals surface area contributed by atoms with Gasteiger partial charge in [-0.3, -0.25) is 9.59 Å². The Labute approximate surface area is 194 Å². The third-order valence-electron chi connectivity index (χ3n) is 5.65. The van der Waals surface area contributed by atoms with Crippen LogP contribution in [0.4, 0.5) is 18.9 Å². The van der Waals surface area contributed by atoms with Crippen LogP contribution in [-0.2, 0) is 17.8 Å². The molecule has 7 nitrogen and oxygen atoms in total. The predicted molar refractivity (Wildman–Crippen MR) is 120 cm³/mol. The van der Waals surface area contributed by atoms with Crippen molar-refractivity contribution in [2.45, 2.75) is 45.1 Å². The van der Waals surface area contributed by atoms with Gasteiger partial charge in [-0.2, -0.15) is 0 Å². The van der Waals surface area contributed by atoms with Gasteiger partial charge in [-0.05, 0) is 49.6 Å². The molecule has 1 aliphatic heterocycles. The summed E-state index contributed by atoms with van der Waals surface area (Å²) in [5, 5.41) is 13.6. The molecule has 0 unspecified atom stereocenters. The third-order valence-corrected chi connectivity index (χ3v) is 5.65. The lowest BCUT2D eigenvalue weighted by Gasteiger charge is -2.11. The van der Waals surface area contributed by atoms with Crippen LogP contribution in [0.2, 0.25) is 0 Å². The highest BCUT2D eigenvalue weighted by molar-refractivity contribution is 5.94. The maximum absolute atomic E-state index is 14.3.